The van der Waals surface area contributed by atoms with E-state index in [-0.39, 0.29) is 0 Å². The molecular weight excluding hydrogens is 387 g/mol. The van der Waals surface area contributed by atoms with Gasteiger partial charge < -0.3 is 9.47 Å². The van der Waals surface area contributed by atoms with Crippen LogP contribution in [0.15, 0.2) is 48.5 Å². The highest BCUT2D eigenvalue weighted by Crippen LogP contribution is 2.28. The zero-order valence-corrected chi connectivity index (χ0v) is 17.2. The smallest absolute Gasteiger partial charge is 0.318 e. The Hall–Kier alpha value is -2.04. The van der Waals surface area contributed by atoms with Crippen molar-refractivity contribution < 1.29 is 19.1 Å². The summed E-state index contributed by atoms with van der Waals surface area (Å²) in [6.07, 6.45) is -0.478. The molecule has 0 bridgehead atoms. The van der Waals surface area contributed by atoms with Gasteiger partial charge in [-0.05, 0) is 63.1 Å². The first-order valence-corrected chi connectivity index (χ1v) is 9.21. The van der Waals surface area contributed by atoms with Crippen molar-refractivity contribution in [2.75, 3.05) is 0 Å². The highest BCUT2D eigenvalue weighted by atomic mass is 35.5. The van der Waals surface area contributed by atoms with Gasteiger partial charge in [-0.15, -0.1) is 0 Å². The van der Waals surface area contributed by atoms with E-state index >= 15 is 0 Å². The molecule has 0 radical (unpaired) electrons. The van der Waals surface area contributed by atoms with Crippen LogP contribution >= 0.6 is 23.2 Å². The van der Waals surface area contributed by atoms with Gasteiger partial charge in [-0.3, -0.25) is 9.59 Å². The van der Waals surface area contributed by atoms with Crippen molar-refractivity contribution in [3.05, 3.63) is 69.7 Å². The topological polar surface area (TPSA) is 52.6 Å². The highest BCUT2D eigenvalue weighted by Gasteiger charge is 2.30. The molecule has 27 heavy (non-hydrogen) atoms. The van der Waals surface area contributed by atoms with Gasteiger partial charge >= 0.3 is 11.9 Å². The van der Waals surface area contributed by atoms with Crippen LogP contribution in [0.1, 0.15) is 45.2 Å². The van der Waals surface area contributed by atoms with E-state index in [4.69, 9.17) is 32.7 Å². The van der Waals surface area contributed by atoms with Crippen molar-refractivity contribution >= 4 is 35.1 Å². The maximum absolute atomic E-state index is 12.2. The van der Waals surface area contributed by atoms with Crippen LogP contribution in [-0.2, 0) is 30.3 Å². The maximum atomic E-state index is 12.2. The molecule has 0 aromatic heterocycles. The third kappa shape index (κ3) is 5.98. The minimum absolute atomic E-state index is 0.478. The second-order valence-corrected chi connectivity index (χ2v) is 8.03. The molecule has 2 aromatic rings. The lowest BCUT2D eigenvalue weighted by molar-refractivity contribution is -0.169. The summed E-state index contributed by atoms with van der Waals surface area (Å²) in [5.74, 6) is -1.32. The van der Waals surface area contributed by atoms with Gasteiger partial charge in [0.1, 0.15) is 17.6 Å². The van der Waals surface area contributed by atoms with Crippen LogP contribution in [0.25, 0.3) is 0 Å². The molecule has 0 N–H and O–H groups in total. The number of hydrogen-bond donors (Lipinski definition) is 0. The van der Waals surface area contributed by atoms with E-state index < -0.39 is 29.6 Å². The first kappa shape index (κ1) is 21.3. The second-order valence-electron chi connectivity index (χ2n) is 7.16. The zero-order valence-electron chi connectivity index (χ0n) is 15.7. The monoisotopic (exact) mass is 408 g/mol. The number of hydrogen-bond acceptors (Lipinski definition) is 4. The summed E-state index contributed by atoms with van der Waals surface area (Å²) in [5, 5.41) is 1.18. The molecule has 0 aliphatic rings. The van der Waals surface area contributed by atoms with E-state index in [9.17, 15) is 9.59 Å². The van der Waals surface area contributed by atoms with Crippen LogP contribution in [0.4, 0.5) is 0 Å². The molecule has 0 fully saturated rings. The fourth-order valence-electron chi connectivity index (χ4n) is 2.58. The van der Waals surface area contributed by atoms with E-state index in [0.717, 1.165) is 11.1 Å². The van der Waals surface area contributed by atoms with Crippen molar-refractivity contribution in [3.63, 3.8) is 0 Å². The lowest BCUT2D eigenvalue weighted by atomic mass is 9.98. The molecule has 0 spiro atoms. The van der Waals surface area contributed by atoms with Gasteiger partial charge in [0.05, 0.1) is 0 Å². The van der Waals surface area contributed by atoms with E-state index in [1.807, 2.05) is 0 Å². The Morgan fingerprint density at radius 2 is 1.00 bits per heavy atom. The van der Waals surface area contributed by atoms with Gasteiger partial charge in [0, 0.05) is 10.0 Å². The number of benzene rings is 2. The van der Waals surface area contributed by atoms with E-state index in [0.29, 0.717) is 10.0 Å². The number of carbonyl (C=O) groups excluding carboxylic acids is 2. The number of halogens is 2. The molecule has 0 atom stereocenters. The Morgan fingerprint density at radius 3 is 1.30 bits per heavy atom. The van der Waals surface area contributed by atoms with Crippen LogP contribution < -0.4 is 0 Å². The number of esters is 2. The lowest BCUT2D eigenvalue weighted by Gasteiger charge is -2.27. The molecule has 2 aromatic carbocycles. The maximum Gasteiger partial charge on any atom is 0.318 e. The first-order chi connectivity index (χ1) is 12.5. The molecule has 6 heteroatoms. The normalized spacial score (nSPS) is 11.8. The molecule has 0 aliphatic heterocycles. The Morgan fingerprint density at radius 1 is 0.704 bits per heavy atom. The van der Waals surface area contributed by atoms with Gasteiger partial charge in [-0.2, -0.15) is 0 Å². The van der Waals surface area contributed by atoms with Crippen LogP contribution in [0, 0.1) is 0 Å². The molecule has 0 unspecified atom stereocenters. The van der Waals surface area contributed by atoms with Crippen LogP contribution in [-0.4, -0.2) is 11.9 Å². The minimum atomic E-state index is -0.895. The van der Waals surface area contributed by atoms with Crippen LogP contribution in [0.5, 0.6) is 0 Å². The molecule has 0 saturated carbocycles. The standard InChI is InChI=1S/C21H22Cl2O4/c1-20(2,14-5-9-16(22)10-6-14)26-18(24)13-19(25)27-21(3,4)15-7-11-17(23)12-8-15/h5-12H,13H2,1-4H3. The SMILES string of the molecule is CC(C)(OC(=O)CC(=O)OC(C)(C)c1ccc(Cl)cc1)c1ccc(Cl)cc1. The Labute approximate surface area is 169 Å². The van der Waals surface area contributed by atoms with E-state index in [1.54, 1.807) is 76.2 Å². The summed E-state index contributed by atoms with van der Waals surface area (Å²) < 4.78 is 10.9. The largest absolute Gasteiger partial charge is 0.454 e. The van der Waals surface area contributed by atoms with Crippen LogP contribution in [0.2, 0.25) is 10.0 Å². The van der Waals surface area contributed by atoms with Gasteiger partial charge in [-0.1, -0.05) is 47.5 Å². The Balaban J connectivity index is 1.97. The first-order valence-electron chi connectivity index (χ1n) is 8.45. The second kappa shape index (κ2) is 8.32. The molecular formula is C21H22Cl2O4. The summed E-state index contributed by atoms with van der Waals surface area (Å²) >= 11 is 11.8. The molecule has 2 rings (SSSR count). The van der Waals surface area contributed by atoms with Gasteiger partial charge in [0.15, 0.2) is 0 Å². The number of rotatable bonds is 6. The molecule has 0 amide bonds. The molecule has 0 saturated heterocycles. The van der Waals surface area contributed by atoms with Gasteiger partial charge in [0.2, 0.25) is 0 Å². The van der Waals surface area contributed by atoms with Crippen molar-refractivity contribution in [1.29, 1.82) is 0 Å². The van der Waals surface area contributed by atoms with E-state index in [2.05, 4.69) is 0 Å². The average molecular weight is 409 g/mol. The summed E-state index contributed by atoms with van der Waals surface area (Å²) in [6.45, 7) is 6.99. The third-order valence-corrected chi connectivity index (χ3v) is 4.61. The van der Waals surface area contributed by atoms with Gasteiger partial charge in [0.25, 0.3) is 0 Å². The summed E-state index contributed by atoms with van der Waals surface area (Å²) in [4.78, 5) is 24.4. The average Bonchev–Trinajstić information content (AvgIpc) is 2.54. The summed E-state index contributed by atoms with van der Waals surface area (Å²) in [6, 6.07) is 14.0. The highest BCUT2D eigenvalue weighted by molar-refractivity contribution is 6.30. The predicted octanol–water partition coefficient (Wildman–Crippen LogP) is 5.64. The Bertz CT molecular complexity index is 740. The van der Waals surface area contributed by atoms with Crippen LogP contribution in [0.3, 0.4) is 0 Å². The molecule has 4 nitrogen and oxygen atoms in total. The minimum Gasteiger partial charge on any atom is -0.454 e. The quantitative estimate of drug-likeness (QED) is 0.458. The third-order valence-electron chi connectivity index (χ3n) is 4.11. The van der Waals surface area contributed by atoms with Crippen molar-refractivity contribution in [3.8, 4) is 0 Å². The predicted molar refractivity (Wildman–Crippen MR) is 106 cm³/mol. The van der Waals surface area contributed by atoms with Crippen molar-refractivity contribution in [1.82, 2.24) is 0 Å². The van der Waals surface area contributed by atoms with Crippen molar-refractivity contribution in [2.24, 2.45) is 0 Å². The number of ether oxygens (including phenoxy) is 2. The fourth-order valence-corrected chi connectivity index (χ4v) is 2.83. The van der Waals surface area contributed by atoms with E-state index in [1.165, 1.54) is 0 Å². The fraction of sp³-hybridized carbons (Fsp3) is 0.333. The summed E-state index contributed by atoms with van der Waals surface area (Å²) in [7, 11) is 0. The molecule has 0 heterocycles. The molecule has 0 aliphatic carbocycles. The van der Waals surface area contributed by atoms with Crippen molar-refractivity contribution in [2.45, 2.75) is 45.3 Å². The Kier molecular flexibility index (Phi) is 6.55. The molecule has 144 valence electrons. The lowest BCUT2D eigenvalue weighted by Crippen LogP contribution is -2.30. The zero-order chi connectivity index (χ0) is 20.2. The summed E-state index contributed by atoms with van der Waals surface area (Å²) in [5.41, 5.74) is -0.244. The number of carbonyl (C=O) groups is 2. The van der Waals surface area contributed by atoms with Gasteiger partial charge in [-0.25, -0.2) is 0 Å².